The second-order valence-electron chi connectivity index (χ2n) is 11.3. The lowest BCUT2D eigenvalue weighted by atomic mass is 9.74. The minimum Gasteiger partial charge on any atom is -0.487 e. The molecule has 0 N–H and O–H groups in total. The summed E-state index contributed by atoms with van der Waals surface area (Å²) in [5, 5.41) is 0. The molecular weight excluding hydrogens is 496 g/mol. The maximum absolute atomic E-state index is 12.9. The molecule has 1 spiro atoms. The number of carbonyl (C=O) groups is 2. The van der Waals surface area contributed by atoms with Gasteiger partial charge < -0.3 is 28.7 Å². The first-order chi connectivity index (χ1) is 18.6. The molecule has 8 nitrogen and oxygen atoms in total. The van der Waals surface area contributed by atoms with Crippen molar-refractivity contribution in [1.82, 2.24) is 9.80 Å². The normalized spacial score (nSPS) is 18.2. The molecule has 2 aromatic rings. The summed E-state index contributed by atoms with van der Waals surface area (Å²) in [5.74, 6) is 1.54. The van der Waals surface area contributed by atoms with Crippen LogP contribution in [0.4, 0.5) is 4.79 Å². The van der Waals surface area contributed by atoms with Gasteiger partial charge in [0, 0.05) is 63.2 Å². The SMILES string of the molecule is CCN(CC)C(=O)c1ccc(C2CC3(CCN(C(=O)OC(C)(C)C)CC3)Oc3cccc(OCOC)c32)cc1. The van der Waals surface area contributed by atoms with Crippen LogP contribution in [-0.4, -0.2) is 73.1 Å². The van der Waals surface area contributed by atoms with E-state index in [4.69, 9.17) is 18.9 Å². The molecule has 2 heterocycles. The van der Waals surface area contributed by atoms with Crippen LogP contribution in [0.2, 0.25) is 0 Å². The molecular formula is C31H42N2O6. The van der Waals surface area contributed by atoms with E-state index in [0.717, 1.165) is 29.0 Å². The maximum atomic E-state index is 12.9. The van der Waals surface area contributed by atoms with Crippen LogP contribution >= 0.6 is 0 Å². The van der Waals surface area contributed by atoms with E-state index in [9.17, 15) is 9.59 Å². The smallest absolute Gasteiger partial charge is 0.410 e. The minimum absolute atomic E-state index is 0.00696. The van der Waals surface area contributed by atoms with Crippen molar-refractivity contribution in [2.24, 2.45) is 0 Å². The van der Waals surface area contributed by atoms with Crippen LogP contribution in [0, 0.1) is 0 Å². The fraction of sp³-hybridized carbons (Fsp3) is 0.548. The van der Waals surface area contributed by atoms with Crippen LogP contribution in [0.25, 0.3) is 0 Å². The van der Waals surface area contributed by atoms with E-state index >= 15 is 0 Å². The second kappa shape index (κ2) is 11.9. The summed E-state index contributed by atoms with van der Waals surface area (Å²) in [4.78, 5) is 29.2. The van der Waals surface area contributed by atoms with Crippen LogP contribution in [0.1, 0.15) is 81.3 Å². The summed E-state index contributed by atoms with van der Waals surface area (Å²) in [6.07, 6.45) is 1.85. The number of rotatable bonds is 7. The number of hydrogen-bond acceptors (Lipinski definition) is 6. The highest BCUT2D eigenvalue weighted by atomic mass is 16.7. The van der Waals surface area contributed by atoms with E-state index in [1.54, 1.807) is 12.0 Å². The predicted molar refractivity (Wildman–Crippen MR) is 149 cm³/mol. The molecule has 1 saturated heterocycles. The van der Waals surface area contributed by atoms with Gasteiger partial charge in [-0.1, -0.05) is 18.2 Å². The monoisotopic (exact) mass is 538 g/mol. The Balaban J connectivity index is 1.63. The van der Waals surface area contributed by atoms with Gasteiger partial charge in [0.05, 0.1) is 0 Å². The average molecular weight is 539 g/mol. The van der Waals surface area contributed by atoms with Crippen molar-refractivity contribution in [3.8, 4) is 11.5 Å². The lowest BCUT2D eigenvalue weighted by molar-refractivity contribution is -0.0310. The summed E-state index contributed by atoms with van der Waals surface area (Å²) < 4.78 is 23.5. The molecule has 39 heavy (non-hydrogen) atoms. The fourth-order valence-electron chi connectivity index (χ4n) is 5.52. The molecule has 4 rings (SSSR count). The number of carbonyl (C=O) groups excluding carboxylic acids is 2. The van der Waals surface area contributed by atoms with Gasteiger partial charge in [0.1, 0.15) is 22.7 Å². The lowest BCUT2D eigenvalue weighted by Gasteiger charge is -2.47. The molecule has 1 fully saturated rings. The topological polar surface area (TPSA) is 77.5 Å². The molecule has 8 heteroatoms. The molecule has 212 valence electrons. The first-order valence-corrected chi connectivity index (χ1v) is 13.9. The summed E-state index contributed by atoms with van der Waals surface area (Å²) in [6, 6.07) is 13.8. The number of ether oxygens (including phenoxy) is 4. The van der Waals surface area contributed by atoms with Gasteiger partial charge in [-0.2, -0.15) is 0 Å². The molecule has 2 aromatic carbocycles. The number of likely N-dealkylation sites (tertiary alicyclic amines) is 1. The maximum Gasteiger partial charge on any atom is 0.410 e. The Bertz CT molecular complexity index is 1140. The third-order valence-electron chi connectivity index (χ3n) is 7.55. The fourth-order valence-corrected chi connectivity index (χ4v) is 5.52. The highest BCUT2D eigenvalue weighted by Crippen LogP contribution is 2.51. The summed E-state index contributed by atoms with van der Waals surface area (Å²) in [6.45, 7) is 12.2. The Morgan fingerprint density at radius 2 is 1.72 bits per heavy atom. The third kappa shape index (κ3) is 6.49. The van der Waals surface area contributed by atoms with Gasteiger partial charge in [-0.05, 0) is 70.9 Å². The summed E-state index contributed by atoms with van der Waals surface area (Å²) in [7, 11) is 1.60. The van der Waals surface area contributed by atoms with E-state index < -0.39 is 11.2 Å². The number of methoxy groups -OCH3 is 1. The van der Waals surface area contributed by atoms with Gasteiger partial charge in [-0.25, -0.2) is 4.79 Å². The number of amides is 2. The molecule has 0 bridgehead atoms. The van der Waals surface area contributed by atoms with Crippen LogP contribution < -0.4 is 9.47 Å². The van der Waals surface area contributed by atoms with Gasteiger partial charge >= 0.3 is 6.09 Å². The van der Waals surface area contributed by atoms with Crippen molar-refractivity contribution in [2.75, 3.05) is 40.1 Å². The lowest BCUT2D eigenvalue weighted by Crippen LogP contribution is -2.52. The summed E-state index contributed by atoms with van der Waals surface area (Å²) >= 11 is 0. The molecule has 1 unspecified atom stereocenters. The highest BCUT2D eigenvalue weighted by molar-refractivity contribution is 5.94. The number of hydrogen-bond donors (Lipinski definition) is 0. The number of fused-ring (bicyclic) bond motifs is 1. The van der Waals surface area contributed by atoms with Gasteiger partial charge in [0.2, 0.25) is 0 Å². The first-order valence-electron chi connectivity index (χ1n) is 13.9. The van der Waals surface area contributed by atoms with E-state index in [1.165, 1.54) is 0 Å². The van der Waals surface area contributed by atoms with E-state index in [1.807, 2.05) is 82.0 Å². The van der Waals surface area contributed by atoms with Crippen LogP contribution in [0.15, 0.2) is 42.5 Å². The average Bonchev–Trinajstić information content (AvgIpc) is 2.91. The van der Waals surface area contributed by atoms with Crippen molar-refractivity contribution in [1.29, 1.82) is 0 Å². The summed E-state index contributed by atoms with van der Waals surface area (Å²) in [5.41, 5.74) is 1.80. The van der Waals surface area contributed by atoms with Crippen molar-refractivity contribution >= 4 is 12.0 Å². The molecule has 2 aliphatic heterocycles. The second-order valence-corrected chi connectivity index (χ2v) is 11.3. The zero-order valence-electron chi connectivity index (χ0n) is 24.1. The Morgan fingerprint density at radius 1 is 1.05 bits per heavy atom. The zero-order valence-corrected chi connectivity index (χ0v) is 24.1. The highest BCUT2D eigenvalue weighted by Gasteiger charge is 2.46. The largest absolute Gasteiger partial charge is 0.487 e. The molecule has 2 aliphatic rings. The van der Waals surface area contributed by atoms with Gasteiger partial charge in [-0.3, -0.25) is 4.79 Å². The van der Waals surface area contributed by atoms with Crippen LogP contribution in [0.3, 0.4) is 0 Å². The minimum atomic E-state index is -0.533. The van der Waals surface area contributed by atoms with Crippen molar-refractivity contribution in [3.05, 3.63) is 59.2 Å². The Hall–Kier alpha value is -3.26. The first kappa shape index (κ1) is 28.7. The number of nitrogens with zero attached hydrogens (tertiary/aromatic N) is 2. The van der Waals surface area contributed by atoms with E-state index in [2.05, 4.69) is 0 Å². The Kier molecular flexibility index (Phi) is 8.74. The van der Waals surface area contributed by atoms with Crippen LogP contribution in [0.5, 0.6) is 11.5 Å². The van der Waals surface area contributed by atoms with Gasteiger partial charge in [0.15, 0.2) is 6.79 Å². The molecule has 0 aliphatic carbocycles. The van der Waals surface area contributed by atoms with Crippen LogP contribution in [-0.2, 0) is 9.47 Å². The molecule has 1 atom stereocenters. The van der Waals surface area contributed by atoms with E-state index in [0.29, 0.717) is 44.6 Å². The van der Waals surface area contributed by atoms with Crippen molar-refractivity contribution in [3.63, 3.8) is 0 Å². The van der Waals surface area contributed by atoms with E-state index in [-0.39, 0.29) is 24.7 Å². The standard InChI is InChI=1S/C31H42N2O6/c1-7-32(8-2)28(34)23-14-12-22(13-15-23)24-20-31(16-18-33(19-17-31)29(35)39-30(3,4)5)38-26-11-9-10-25(27(24)26)37-21-36-6/h9-15,24H,7-8,16-21H2,1-6H3. The van der Waals surface area contributed by atoms with Gasteiger partial charge in [-0.15, -0.1) is 0 Å². The van der Waals surface area contributed by atoms with Crippen molar-refractivity contribution in [2.45, 2.75) is 71.0 Å². The predicted octanol–water partition coefficient (Wildman–Crippen LogP) is 5.84. The number of piperidine rings is 1. The molecule has 0 aromatic heterocycles. The quantitative estimate of drug-likeness (QED) is 0.413. The zero-order chi connectivity index (χ0) is 28.2. The molecule has 2 amide bonds. The Labute approximate surface area is 232 Å². The van der Waals surface area contributed by atoms with Crippen molar-refractivity contribution < 1.29 is 28.5 Å². The van der Waals surface area contributed by atoms with Gasteiger partial charge in [0.25, 0.3) is 5.91 Å². The third-order valence-corrected chi connectivity index (χ3v) is 7.55. The number of benzene rings is 2. The Morgan fingerprint density at radius 3 is 2.31 bits per heavy atom. The molecule has 0 radical (unpaired) electrons. The molecule has 0 saturated carbocycles.